The molecule has 22 heavy (non-hydrogen) atoms. The Morgan fingerprint density at radius 1 is 0.409 bits per heavy atom. The molecule has 2 radical (unpaired) electrons. The maximum Gasteiger partial charge on any atom is 3.00 e. The van der Waals surface area contributed by atoms with Gasteiger partial charge < -0.3 is 80.7 Å². The molecule has 15 nitrogen and oxygen atoms in total. The molecule has 12 N–H and O–H groups in total. The molecule has 0 aliphatic carbocycles. The predicted octanol–water partition coefficient (Wildman–Crippen LogP) is -6.10. The van der Waals surface area contributed by atoms with E-state index < -0.39 is 6.16 Å². The van der Waals surface area contributed by atoms with Crippen LogP contribution in [0.25, 0.3) is 0 Å². The average molecular weight is 473 g/mol. The van der Waals surface area contributed by atoms with E-state index in [1.54, 1.807) is 0 Å². The van der Waals surface area contributed by atoms with E-state index in [9.17, 15) is 0 Å². The Bertz CT molecular complexity index is 52.5. The van der Waals surface area contributed by atoms with Gasteiger partial charge >= 0.3 is 126 Å². The van der Waals surface area contributed by atoms with Crippen LogP contribution < -0.4 is 10.2 Å². The average Bonchev–Trinajstić information content (AvgIpc) is 0.811. The first-order valence-corrected chi connectivity index (χ1v) is 0.612. The van der Waals surface area contributed by atoms with Crippen molar-refractivity contribution in [2.75, 3.05) is 0 Å². The summed E-state index contributed by atoms with van der Waals surface area (Å²) in [6.45, 7) is 0. The van der Waals surface area contributed by atoms with Gasteiger partial charge in [-0.3, -0.25) is 0 Å². The molecule has 0 aliphatic heterocycles. The normalized spacial score (nSPS) is 1.09. The third-order valence-corrected chi connectivity index (χ3v) is 0. The van der Waals surface area contributed by atoms with Crippen molar-refractivity contribution < 1.29 is 115 Å². The van der Waals surface area contributed by atoms with Gasteiger partial charge in [0.15, 0.2) is 0 Å². The molecule has 130 valence electrons. The first-order chi connectivity index (χ1) is 1.73. The predicted molar refractivity (Wildman–Crippen MR) is 51.6 cm³/mol. The van der Waals surface area contributed by atoms with Crippen LogP contribution in [0.5, 0.6) is 0 Å². The van der Waals surface area contributed by atoms with Gasteiger partial charge in [0.25, 0.3) is 0 Å². The standard InChI is InChI=1S/CH2O3.2Fe.4Mg.12H2O/c2-1(3)4;;;;;;;;;;;;;;;;;;/h(H2,2,3,4);;;;;;;12*1H2/q;2*+3;4*+2;;;;;;;;;;;;/p-14. The second-order valence-electron chi connectivity index (χ2n) is 0.250. The van der Waals surface area contributed by atoms with Crippen LogP contribution in [0.2, 0.25) is 0 Å². The van der Waals surface area contributed by atoms with Crippen molar-refractivity contribution in [2.24, 2.45) is 0 Å². The molecule has 0 aromatic carbocycles. The molecule has 0 bridgehead atoms. The SMILES string of the molecule is O=C([O-])[O-].[Fe+3].[Fe+3].[Mg+2].[Mg+2].[Mg+2].[Mg+2].[OH-].[OH-].[OH-].[OH-].[OH-].[OH-].[OH-].[OH-].[OH-].[OH-].[OH-].[OH-]. The maximum atomic E-state index is 8.33. The summed E-state index contributed by atoms with van der Waals surface area (Å²) in [5, 5.41) is 16.7. The molecule has 0 saturated carbocycles. The Morgan fingerprint density at radius 3 is 0.409 bits per heavy atom. The summed E-state index contributed by atoms with van der Waals surface area (Å²) in [5.41, 5.74) is 0. The Hall–Kier alpha value is 2.89. The largest absolute Gasteiger partial charge is 3.00 e. The fraction of sp³-hybridized carbons (Fsp3) is 0. The van der Waals surface area contributed by atoms with Gasteiger partial charge in [-0.2, -0.15) is 0 Å². The zero-order valence-electron chi connectivity index (χ0n) is 10.6. The molecule has 0 unspecified atom stereocenters. The molecule has 0 aliphatic rings. The topological polar surface area (TPSA) is 423 Å². The second-order valence-corrected chi connectivity index (χ2v) is 0.250. The van der Waals surface area contributed by atoms with Crippen LogP contribution in [-0.4, -0.2) is 164 Å². The Labute approximate surface area is 211 Å². The van der Waals surface area contributed by atoms with E-state index in [0.29, 0.717) is 0 Å². The van der Waals surface area contributed by atoms with Gasteiger partial charge in [0, 0.05) is 0 Å². The van der Waals surface area contributed by atoms with Crippen molar-refractivity contribution in [1.29, 1.82) is 0 Å². The summed E-state index contributed by atoms with van der Waals surface area (Å²) in [6.07, 6.45) is -2.33. The van der Waals surface area contributed by atoms with E-state index >= 15 is 0 Å². The first-order valence-electron chi connectivity index (χ1n) is 0.612. The Balaban J connectivity index is -0.000000000294. The molecule has 0 rings (SSSR count). The van der Waals surface area contributed by atoms with Crippen molar-refractivity contribution in [3.63, 3.8) is 0 Å². The summed E-state index contributed by atoms with van der Waals surface area (Å²) in [6, 6.07) is 0. The van der Waals surface area contributed by atoms with Gasteiger partial charge in [0.1, 0.15) is 0 Å². The Kier molecular flexibility index (Phi) is 6700. The molecule has 0 atom stereocenters. The molecule has 0 aromatic heterocycles. The molecular weight excluding hydrogens is 461 g/mol. The molecule has 0 spiro atoms. The van der Waals surface area contributed by atoms with Gasteiger partial charge in [-0.1, -0.05) is 0 Å². The number of hydrogen-bond donors (Lipinski definition) is 0. The monoisotopic (exact) mass is 472 g/mol. The maximum absolute atomic E-state index is 8.33. The number of carboxylic acid groups (broad SMARTS) is 2. The van der Waals surface area contributed by atoms with E-state index in [0.717, 1.165) is 0 Å². The molecule has 0 aromatic rings. The van der Waals surface area contributed by atoms with Crippen molar-refractivity contribution in [2.45, 2.75) is 0 Å². The van der Waals surface area contributed by atoms with E-state index in [2.05, 4.69) is 0 Å². The number of rotatable bonds is 0. The van der Waals surface area contributed by atoms with Crippen molar-refractivity contribution >= 4 is 98.4 Å². The quantitative estimate of drug-likeness (QED) is 0.295. The third kappa shape index (κ3) is 1310. The van der Waals surface area contributed by atoms with Gasteiger partial charge in [0.05, 0.1) is 0 Å². The van der Waals surface area contributed by atoms with E-state index in [4.69, 9.17) is 15.0 Å². The molecular formula is CH12Fe2Mg4O15. The zero-order chi connectivity index (χ0) is 3.58. The number of carbonyl (C=O) groups is 1. The molecule has 21 heteroatoms. The van der Waals surface area contributed by atoms with E-state index in [1.807, 2.05) is 0 Å². The van der Waals surface area contributed by atoms with Crippen LogP contribution in [0.4, 0.5) is 4.79 Å². The Morgan fingerprint density at radius 2 is 0.409 bits per heavy atom. The van der Waals surface area contributed by atoms with Crippen LogP contribution in [0.1, 0.15) is 0 Å². The van der Waals surface area contributed by atoms with E-state index in [-0.39, 0.29) is 192 Å². The van der Waals surface area contributed by atoms with Gasteiger partial charge in [-0.15, -0.1) is 0 Å². The van der Waals surface area contributed by atoms with Crippen molar-refractivity contribution in [3.05, 3.63) is 0 Å². The van der Waals surface area contributed by atoms with Gasteiger partial charge in [-0.05, 0) is 6.16 Å². The first kappa shape index (κ1) is 409. The molecule has 0 heterocycles. The van der Waals surface area contributed by atoms with Gasteiger partial charge in [0.2, 0.25) is 0 Å². The summed E-state index contributed by atoms with van der Waals surface area (Å²) in [5.74, 6) is 0. The molecule has 0 amide bonds. The summed E-state index contributed by atoms with van der Waals surface area (Å²) in [4.78, 5) is 8.33. The van der Waals surface area contributed by atoms with Crippen LogP contribution >= 0.6 is 0 Å². The van der Waals surface area contributed by atoms with Gasteiger partial charge in [-0.25, -0.2) is 0 Å². The summed E-state index contributed by atoms with van der Waals surface area (Å²) in [7, 11) is 0. The minimum atomic E-state index is -2.33. The second kappa shape index (κ2) is 361. The number of carbonyl (C=O) groups excluding carboxylic acids is 1. The molecule has 0 fully saturated rings. The summed E-state index contributed by atoms with van der Waals surface area (Å²) >= 11 is 0. The van der Waals surface area contributed by atoms with Crippen LogP contribution in [0.3, 0.4) is 0 Å². The smallest absolute Gasteiger partial charge is 0.870 e. The van der Waals surface area contributed by atoms with E-state index in [1.165, 1.54) is 0 Å². The zero-order valence-corrected chi connectivity index (χ0v) is 18.5. The van der Waals surface area contributed by atoms with Crippen LogP contribution in [0, 0.1) is 0 Å². The van der Waals surface area contributed by atoms with Crippen LogP contribution in [-0.2, 0) is 34.1 Å². The third-order valence-electron chi connectivity index (χ3n) is 0. The van der Waals surface area contributed by atoms with Crippen molar-refractivity contribution in [1.82, 2.24) is 0 Å². The summed E-state index contributed by atoms with van der Waals surface area (Å²) < 4.78 is 0. The van der Waals surface area contributed by atoms with Crippen LogP contribution in [0.15, 0.2) is 0 Å². The number of hydrogen-bond acceptors (Lipinski definition) is 15. The molecule has 0 saturated heterocycles. The van der Waals surface area contributed by atoms with Crippen molar-refractivity contribution in [3.8, 4) is 0 Å². The fourth-order valence-corrected chi connectivity index (χ4v) is 0. The fourth-order valence-electron chi connectivity index (χ4n) is 0. The minimum absolute atomic E-state index is 0. The minimum Gasteiger partial charge on any atom is -0.870 e.